The van der Waals surface area contributed by atoms with Crippen LogP contribution in [-0.2, 0) is 6.42 Å². The lowest BCUT2D eigenvalue weighted by Gasteiger charge is -2.21. The molecule has 0 atom stereocenters. The van der Waals surface area contributed by atoms with Crippen LogP contribution in [0.4, 0.5) is 0 Å². The Bertz CT molecular complexity index is 1000. The van der Waals surface area contributed by atoms with Crippen LogP contribution in [0, 0.1) is 0 Å². The molecule has 3 aromatic rings. The molecular weight excluding hydrogens is 296 g/mol. The van der Waals surface area contributed by atoms with E-state index in [1.807, 2.05) is 0 Å². The number of carbonyl (C=O) groups excluding carboxylic acids is 1. The summed E-state index contributed by atoms with van der Waals surface area (Å²) in [5, 5.41) is 40.2. The van der Waals surface area contributed by atoms with Crippen molar-refractivity contribution < 1.29 is 25.2 Å². The zero-order valence-corrected chi connectivity index (χ0v) is 11.9. The molecule has 0 aromatic heterocycles. The molecule has 0 unspecified atom stereocenters. The maximum Gasteiger partial charge on any atom is 0.198 e. The Morgan fingerprint density at radius 3 is 2.17 bits per heavy atom. The summed E-state index contributed by atoms with van der Waals surface area (Å²) < 4.78 is 0. The Labute approximate surface area is 130 Å². The molecule has 4 N–H and O–H groups in total. The maximum atomic E-state index is 12.9. The van der Waals surface area contributed by atoms with E-state index < -0.39 is 11.5 Å². The average molecular weight is 308 g/mol. The van der Waals surface area contributed by atoms with E-state index in [4.69, 9.17) is 0 Å². The largest absolute Gasteiger partial charge is 0.504 e. The van der Waals surface area contributed by atoms with Crippen molar-refractivity contribution in [2.45, 2.75) is 6.42 Å². The van der Waals surface area contributed by atoms with Crippen molar-refractivity contribution in [3.8, 4) is 23.0 Å². The number of phenols is 4. The number of phenolic OH excluding ortho intramolecular Hbond substituents is 4. The highest BCUT2D eigenvalue weighted by Gasteiger charge is 2.29. The molecule has 4 rings (SSSR count). The van der Waals surface area contributed by atoms with E-state index in [-0.39, 0.29) is 22.8 Å². The molecule has 0 spiro atoms. The minimum Gasteiger partial charge on any atom is -0.504 e. The van der Waals surface area contributed by atoms with Gasteiger partial charge in [-0.25, -0.2) is 0 Å². The predicted molar refractivity (Wildman–Crippen MR) is 83.3 cm³/mol. The second-order valence-electron chi connectivity index (χ2n) is 5.64. The van der Waals surface area contributed by atoms with Crippen LogP contribution in [0.3, 0.4) is 0 Å². The van der Waals surface area contributed by atoms with Crippen molar-refractivity contribution in [1.29, 1.82) is 0 Å². The number of benzene rings is 3. The van der Waals surface area contributed by atoms with Gasteiger partial charge in [-0.2, -0.15) is 0 Å². The molecular formula is C18H12O5. The number of hydrogen-bond donors (Lipinski definition) is 4. The van der Waals surface area contributed by atoms with Gasteiger partial charge in [0.05, 0.1) is 5.56 Å². The molecule has 3 aromatic carbocycles. The minimum atomic E-state index is -0.432. The first kappa shape index (κ1) is 13.5. The Morgan fingerprint density at radius 2 is 1.39 bits per heavy atom. The fraction of sp³-hybridized carbons (Fsp3) is 0.0556. The van der Waals surface area contributed by atoms with E-state index >= 15 is 0 Å². The molecule has 114 valence electrons. The molecule has 5 heteroatoms. The van der Waals surface area contributed by atoms with E-state index in [9.17, 15) is 25.2 Å². The summed E-state index contributed by atoms with van der Waals surface area (Å²) in [4.78, 5) is 12.9. The summed E-state index contributed by atoms with van der Waals surface area (Å²) in [6, 6.07) is 9.26. The third-order valence-electron chi connectivity index (χ3n) is 4.28. The van der Waals surface area contributed by atoms with Gasteiger partial charge in [-0.05, 0) is 46.5 Å². The highest BCUT2D eigenvalue weighted by atomic mass is 16.3. The van der Waals surface area contributed by atoms with E-state index in [2.05, 4.69) is 0 Å². The van der Waals surface area contributed by atoms with Crippen LogP contribution in [0.25, 0.3) is 10.8 Å². The second-order valence-corrected chi connectivity index (χ2v) is 5.64. The first-order valence-electron chi connectivity index (χ1n) is 7.03. The van der Waals surface area contributed by atoms with Crippen molar-refractivity contribution in [1.82, 2.24) is 0 Å². The molecule has 0 fully saturated rings. The molecule has 23 heavy (non-hydrogen) atoms. The lowest BCUT2D eigenvalue weighted by Crippen LogP contribution is -2.15. The fourth-order valence-electron chi connectivity index (χ4n) is 3.16. The van der Waals surface area contributed by atoms with Gasteiger partial charge in [0.1, 0.15) is 0 Å². The summed E-state index contributed by atoms with van der Waals surface area (Å²) >= 11 is 0. The second kappa shape index (κ2) is 4.39. The van der Waals surface area contributed by atoms with Gasteiger partial charge in [-0.3, -0.25) is 4.79 Å². The fourth-order valence-corrected chi connectivity index (χ4v) is 3.16. The van der Waals surface area contributed by atoms with Crippen molar-refractivity contribution in [3.63, 3.8) is 0 Å². The number of carbonyl (C=O) groups is 1. The van der Waals surface area contributed by atoms with E-state index in [0.29, 0.717) is 28.3 Å². The van der Waals surface area contributed by atoms with Crippen molar-refractivity contribution in [2.75, 3.05) is 0 Å². The third kappa shape index (κ3) is 1.76. The van der Waals surface area contributed by atoms with Crippen LogP contribution in [0.15, 0.2) is 36.4 Å². The molecule has 0 saturated carbocycles. The van der Waals surface area contributed by atoms with Gasteiger partial charge in [0.15, 0.2) is 28.8 Å². The number of fused-ring (bicyclic) bond motifs is 4. The maximum absolute atomic E-state index is 12.9. The summed E-state index contributed by atoms with van der Waals surface area (Å²) in [6.45, 7) is 0. The van der Waals surface area contributed by atoms with Crippen LogP contribution >= 0.6 is 0 Å². The number of rotatable bonds is 0. The van der Waals surface area contributed by atoms with Crippen LogP contribution in [0.5, 0.6) is 23.0 Å². The van der Waals surface area contributed by atoms with Crippen LogP contribution in [0.1, 0.15) is 27.0 Å². The van der Waals surface area contributed by atoms with Crippen LogP contribution in [-0.4, -0.2) is 26.2 Å². The Kier molecular flexibility index (Phi) is 2.57. The SMILES string of the molecule is O=C1c2c(ccc(O)c2O)Cc2ccc3cc(O)c(O)cc3c21. The molecule has 0 heterocycles. The molecule has 0 bridgehead atoms. The Balaban J connectivity index is 2.06. The summed E-state index contributed by atoms with van der Waals surface area (Å²) in [6.07, 6.45) is 0.432. The van der Waals surface area contributed by atoms with E-state index in [0.717, 1.165) is 5.56 Å². The van der Waals surface area contributed by atoms with Gasteiger partial charge in [0.2, 0.25) is 0 Å². The van der Waals surface area contributed by atoms with Crippen molar-refractivity contribution >= 4 is 16.6 Å². The lowest BCUT2D eigenvalue weighted by molar-refractivity contribution is 0.103. The Hall–Kier alpha value is -3.21. The van der Waals surface area contributed by atoms with Gasteiger partial charge in [-0.15, -0.1) is 0 Å². The van der Waals surface area contributed by atoms with Gasteiger partial charge in [0, 0.05) is 5.56 Å². The zero-order valence-electron chi connectivity index (χ0n) is 11.9. The predicted octanol–water partition coefficient (Wildman–Crippen LogP) is 2.80. The molecule has 0 radical (unpaired) electrons. The first-order chi connectivity index (χ1) is 11.0. The third-order valence-corrected chi connectivity index (χ3v) is 4.28. The zero-order chi connectivity index (χ0) is 16.3. The van der Waals surface area contributed by atoms with Gasteiger partial charge < -0.3 is 20.4 Å². The number of hydrogen-bond acceptors (Lipinski definition) is 5. The monoisotopic (exact) mass is 308 g/mol. The summed E-state index contributed by atoms with van der Waals surface area (Å²) in [5.74, 6) is -1.77. The summed E-state index contributed by atoms with van der Waals surface area (Å²) in [7, 11) is 0. The lowest BCUT2D eigenvalue weighted by atomic mass is 9.82. The molecule has 0 aliphatic heterocycles. The van der Waals surface area contributed by atoms with E-state index in [1.165, 1.54) is 18.2 Å². The molecule has 1 aliphatic rings. The molecule has 0 amide bonds. The smallest absolute Gasteiger partial charge is 0.198 e. The average Bonchev–Trinajstić information content (AvgIpc) is 2.52. The van der Waals surface area contributed by atoms with E-state index in [1.54, 1.807) is 18.2 Å². The molecule has 1 aliphatic carbocycles. The number of aromatic hydroxyl groups is 4. The normalized spacial score (nSPS) is 13.0. The molecule has 5 nitrogen and oxygen atoms in total. The molecule has 0 saturated heterocycles. The van der Waals surface area contributed by atoms with Gasteiger partial charge in [-0.1, -0.05) is 18.2 Å². The quantitative estimate of drug-likeness (QED) is 0.374. The van der Waals surface area contributed by atoms with Gasteiger partial charge in [0.25, 0.3) is 0 Å². The topological polar surface area (TPSA) is 98.0 Å². The van der Waals surface area contributed by atoms with Crippen molar-refractivity contribution in [2.24, 2.45) is 0 Å². The minimum absolute atomic E-state index is 0.0811. The highest BCUT2D eigenvalue weighted by Crippen LogP contribution is 2.41. The Morgan fingerprint density at radius 1 is 0.739 bits per heavy atom. The standard InChI is InChI=1S/C18H12O5/c19-12-4-3-10-5-9-2-1-8-6-13(20)14(21)7-11(8)15(9)18(23)16(10)17(12)22/h1-4,6-7,19-22H,5H2. The highest BCUT2D eigenvalue weighted by molar-refractivity contribution is 6.21. The van der Waals surface area contributed by atoms with Gasteiger partial charge >= 0.3 is 0 Å². The number of ketones is 1. The van der Waals surface area contributed by atoms with Crippen LogP contribution in [0.2, 0.25) is 0 Å². The summed E-state index contributed by atoms with van der Waals surface area (Å²) in [5.41, 5.74) is 1.86. The first-order valence-corrected chi connectivity index (χ1v) is 7.03. The van der Waals surface area contributed by atoms with Crippen LogP contribution < -0.4 is 0 Å². The van der Waals surface area contributed by atoms with Crippen molar-refractivity contribution in [3.05, 3.63) is 58.7 Å².